The van der Waals surface area contributed by atoms with Gasteiger partial charge in [-0.3, -0.25) is 0 Å². The first-order valence-corrected chi connectivity index (χ1v) is 8.65. The summed E-state index contributed by atoms with van der Waals surface area (Å²) < 4.78 is 56.2. The van der Waals surface area contributed by atoms with Gasteiger partial charge in [-0.15, -0.1) is 5.10 Å². The molecule has 128 valence electrons. The van der Waals surface area contributed by atoms with Gasteiger partial charge in [-0.2, -0.15) is 0 Å². The van der Waals surface area contributed by atoms with Gasteiger partial charge in [-0.05, 0) is 0 Å². The summed E-state index contributed by atoms with van der Waals surface area (Å²) >= 11 is 0. The van der Waals surface area contributed by atoms with Crippen LogP contribution in [0, 0.1) is 0 Å². The molecule has 0 aliphatic carbocycles. The zero-order chi connectivity index (χ0) is 17.4. The molecule has 0 aliphatic heterocycles. The van der Waals surface area contributed by atoms with Crippen molar-refractivity contribution in [3.63, 3.8) is 0 Å². The molecule has 2 aromatic heterocycles. The van der Waals surface area contributed by atoms with Crippen molar-refractivity contribution in [2.24, 2.45) is 7.05 Å². The zero-order valence-corrected chi connectivity index (χ0v) is 14.1. The van der Waals surface area contributed by atoms with Crippen LogP contribution in [0.2, 0.25) is 0 Å². The van der Waals surface area contributed by atoms with Crippen molar-refractivity contribution < 1.29 is 21.7 Å². The maximum atomic E-state index is 12.9. The van der Waals surface area contributed by atoms with E-state index in [1.807, 2.05) is 20.8 Å². The fourth-order valence-corrected chi connectivity index (χ4v) is 3.28. The SMILES string of the molecule is Cn1nnc(CS(=O)(=O)Cc2cc(C(C)(C)C)no2)c1C(F)F. The minimum Gasteiger partial charge on any atom is -0.360 e. The second-order valence-electron chi connectivity index (χ2n) is 6.31. The highest BCUT2D eigenvalue weighted by atomic mass is 32.2. The van der Waals surface area contributed by atoms with Crippen LogP contribution in [0.15, 0.2) is 10.6 Å². The van der Waals surface area contributed by atoms with E-state index >= 15 is 0 Å². The number of aromatic nitrogens is 4. The summed E-state index contributed by atoms with van der Waals surface area (Å²) in [6.45, 7) is 5.74. The highest BCUT2D eigenvalue weighted by molar-refractivity contribution is 7.89. The van der Waals surface area contributed by atoms with E-state index in [1.165, 1.54) is 7.05 Å². The fourth-order valence-electron chi connectivity index (χ4n) is 1.99. The lowest BCUT2D eigenvalue weighted by Crippen LogP contribution is -2.11. The quantitative estimate of drug-likeness (QED) is 0.822. The number of hydrogen-bond donors (Lipinski definition) is 0. The molecule has 0 radical (unpaired) electrons. The van der Waals surface area contributed by atoms with Gasteiger partial charge in [0.15, 0.2) is 15.6 Å². The first-order chi connectivity index (χ1) is 10.5. The van der Waals surface area contributed by atoms with E-state index in [9.17, 15) is 17.2 Å². The van der Waals surface area contributed by atoms with Crippen molar-refractivity contribution in [2.75, 3.05) is 0 Å². The van der Waals surface area contributed by atoms with E-state index in [0.717, 1.165) is 4.68 Å². The van der Waals surface area contributed by atoms with E-state index in [-0.39, 0.29) is 16.9 Å². The van der Waals surface area contributed by atoms with Gasteiger partial charge in [0.25, 0.3) is 6.43 Å². The molecule has 0 fully saturated rings. The predicted octanol–water partition coefficient (Wildman–Crippen LogP) is 2.15. The molecular formula is C13H18F2N4O3S. The Morgan fingerprint density at radius 1 is 1.30 bits per heavy atom. The highest BCUT2D eigenvalue weighted by Crippen LogP contribution is 2.25. The molecule has 2 aromatic rings. The maximum Gasteiger partial charge on any atom is 0.281 e. The molecular weight excluding hydrogens is 330 g/mol. The number of aryl methyl sites for hydroxylation is 1. The predicted molar refractivity (Wildman–Crippen MR) is 77.5 cm³/mol. The van der Waals surface area contributed by atoms with E-state index in [0.29, 0.717) is 5.69 Å². The molecule has 0 aliphatic rings. The summed E-state index contributed by atoms with van der Waals surface area (Å²) in [7, 11) is -2.46. The maximum absolute atomic E-state index is 12.9. The summed E-state index contributed by atoms with van der Waals surface area (Å²) in [6, 6.07) is 1.56. The Bertz CT molecular complexity index is 790. The number of alkyl halides is 2. The highest BCUT2D eigenvalue weighted by Gasteiger charge is 2.27. The Hall–Kier alpha value is -1.84. The summed E-state index contributed by atoms with van der Waals surface area (Å²) in [6.07, 6.45) is -2.85. The van der Waals surface area contributed by atoms with Gasteiger partial charge in [0.05, 0.1) is 11.4 Å². The first kappa shape index (κ1) is 17.5. The third-order valence-corrected chi connectivity index (χ3v) is 4.63. The van der Waals surface area contributed by atoms with Crippen LogP contribution >= 0.6 is 0 Å². The molecule has 2 rings (SSSR count). The third kappa shape index (κ3) is 4.12. The van der Waals surface area contributed by atoms with Crippen LogP contribution in [0.5, 0.6) is 0 Å². The van der Waals surface area contributed by atoms with Crippen molar-refractivity contribution in [3.8, 4) is 0 Å². The molecule has 0 amide bonds. The number of halogens is 2. The Balaban J connectivity index is 2.19. The molecule has 0 atom stereocenters. The van der Waals surface area contributed by atoms with Crippen molar-refractivity contribution in [2.45, 2.75) is 44.1 Å². The molecule has 2 heterocycles. The lowest BCUT2D eigenvalue weighted by molar-refractivity contribution is 0.140. The Morgan fingerprint density at radius 2 is 1.96 bits per heavy atom. The summed E-state index contributed by atoms with van der Waals surface area (Å²) in [5.74, 6) is -0.904. The van der Waals surface area contributed by atoms with Crippen LogP contribution in [-0.2, 0) is 33.8 Å². The molecule has 0 unspecified atom stereocenters. The zero-order valence-electron chi connectivity index (χ0n) is 13.2. The number of hydrogen-bond acceptors (Lipinski definition) is 6. The van der Waals surface area contributed by atoms with E-state index in [2.05, 4.69) is 15.5 Å². The molecule has 0 N–H and O–H groups in total. The molecule has 0 aromatic carbocycles. The van der Waals surface area contributed by atoms with Gasteiger partial charge in [0.2, 0.25) is 0 Å². The number of rotatable bonds is 5. The van der Waals surface area contributed by atoms with Crippen LogP contribution in [0.4, 0.5) is 8.78 Å². The molecule has 23 heavy (non-hydrogen) atoms. The Morgan fingerprint density at radius 3 is 2.48 bits per heavy atom. The van der Waals surface area contributed by atoms with Crippen molar-refractivity contribution in [1.82, 2.24) is 20.2 Å². The summed E-state index contributed by atoms with van der Waals surface area (Å²) in [5, 5.41) is 10.8. The van der Waals surface area contributed by atoms with E-state index in [1.54, 1.807) is 6.07 Å². The van der Waals surface area contributed by atoms with E-state index in [4.69, 9.17) is 4.52 Å². The van der Waals surface area contributed by atoms with Gasteiger partial charge in [-0.25, -0.2) is 21.9 Å². The van der Waals surface area contributed by atoms with Gasteiger partial charge >= 0.3 is 0 Å². The normalized spacial score (nSPS) is 13.0. The topological polar surface area (TPSA) is 90.9 Å². The largest absolute Gasteiger partial charge is 0.360 e. The molecule has 0 saturated carbocycles. The molecule has 10 heteroatoms. The summed E-state index contributed by atoms with van der Waals surface area (Å²) in [4.78, 5) is 0. The van der Waals surface area contributed by atoms with Crippen LogP contribution < -0.4 is 0 Å². The lowest BCUT2D eigenvalue weighted by atomic mass is 9.92. The summed E-state index contributed by atoms with van der Waals surface area (Å²) in [5.41, 5.74) is -0.408. The van der Waals surface area contributed by atoms with Gasteiger partial charge in [0, 0.05) is 18.5 Å². The third-order valence-electron chi connectivity index (χ3n) is 3.20. The molecule has 0 spiro atoms. The number of nitrogens with zero attached hydrogens (tertiary/aromatic N) is 4. The van der Waals surface area contributed by atoms with Crippen LogP contribution in [0.3, 0.4) is 0 Å². The van der Waals surface area contributed by atoms with Crippen molar-refractivity contribution in [3.05, 3.63) is 28.9 Å². The second kappa shape index (κ2) is 5.99. The average molecular weight is 348 g/mol. The minimum atomic E-state index is -3.75. The Kier molecular flexibility index (Phi) is 4.56. The average Bonchev–Trinajstić information content (AvgIpc) is 2.94. The lowest BCUT2D eigenvalue weighted by Gasteiger charge is -2.12. The molecule has 7 nitrogen and oxygen atoms in total. The van der Waals surface area contributed by atoms with Gasteiger partial charge < -0.3 is 4.52 Å². The minimum absolute atomic E-state index is 0.164. The standard InChI is InChI=1S/C13H18F2N4O3S/c1-13(2,3)10-5-8(22-17-10)6-23(20,21)7-9-11(12(14)15)19(4)18-16-9/h5,12H,6-7H2,1-4H3. The van der Waals surface area contributed by atoms with Crippen molar-refractivity contribution in [1.29, 1.82) is 0 Å². The van der Waals surface area contributed by atoms with Gasteiger partial charge in [0.1, 0.15) is 17.1 Å². The smallest absolute Gasteiger partial charge is 0.281 e. The Labute approximate surface area is 132 Å². The van der Waals surface area contributed by atoms with Crippen LogP contribution in [0.1, 0.15) is 50.0 Å². The van der Waals surface area contributed by atoms with E-state index < -0.39 is 33.5 Å². The monoisotopic (exact) mass is 348 g/mol. The fraction of sp³-hybridized carbons (Fsp3) is 0.615. The van der Waals surface area contributed by atoms with Crippen LogP contribution in [-0.4, -0.2) is 28.6 Å². The van der Waals surface area contributed by atoms with Crippen molar-refractivity contribution >= 4 is 9.84 Å². The second-order valence-corrected chi connectivity index (χ2v) is 8.37. The first-order valence-electron chi connectivity index (χ1n) is 6.82. The van der Waals surface area contributed by atoms with Crippen LogP contribution in [0.25, 0.3) is 0 Å². The number of sulfone groups is 1. The molecule has 0 saturated heterocycles. The van der Waals surface area contributed by atoms with Gasteiger partial charge in [-0.1, -0.05) is 31.1 Å². The molecule has 0 bridgehead atoms.